The van der Waals surface area contributed by atoms with E-state index in [1.807, 2.05) is 12.1 Å². The van der Waals surface area contributed by atoms with Gasteiger partial charge >= 0.3 is 0 Å². The zero-order chi connectivity index (χ0) is 20.8. The van der Waals surface area contributed by atoms with Crippen LogP contribution in [0.1, 0.15) is 24.0 Å². The molecule has 0 saturated carbocycles. The van der Waals surface area contributed by atoms with Crippen LogP contribution < -0.4 is 10.6 Å². The van der Waals surface area contributed by atoms with Gasteiger partial charge in [0, 0.05) is 62.1 Å². The van der Waals surface area contributed by atoms with E-state index in [1.165, 1.54) is 28.6 Å². The zero-order valence-electron chi connectivity index (χ0n) is 17.6. The molecule has 5 nitrogen and oxygen atoms in total. The van der Waals surface area contributed by atoms with Crippen LogP contribution in [0, 0.1) is 11.3 Å². The Kier molecular flexibility index (Phi) is 6.68. The summed E-state index contributed by atoms with van der Waals surface area (Å²) in [5.41, 5.74) is 10.4. The van der Waals surface area contributed by atoms with Crippen LogP contribution in [0.15, 0.2) is 54.7 Å². The molecule has 0 atom stereocenters. The van der Waals surface area contributed by atoms with E-state index < -0.39 is 0 Å². The smallest absolute Gasteiger partial charge is 0.0991 e. The van der Waals surface area contributed by atoms with Gasteiger partial charge in [-0.3, -0.25) is 4.90 Å². The molecule has 2 N–H and O–H groups in total. The summed E-state index contributed by atoms with van der Waals surface area (Å²) in [4.78, 5) is 5.07. The molecule has 1 aliphatic heterocycles. The highest BCUT2D eigenvalue weighted by Gasteiger charge is 2.16. The van der Waals surface area contributed by atoms with Gasteiger partial charge in [-0.1, -0.05) is 18.2 Å². The first-order valence-corrected chi connectivity index (χ1v) is 11.0. The van der Waals surface area contributed by atoms with Crippen molar-refractivity contribution in [3.05, 3.63) is 65.9 Å². The Morgan fingerprint density at radius 2 is 1.73 bits per heavy atom. The average Bonchev–Trinajstić information content (AvgIpc) is 3.14. The molecule has 0 spiro atoms. The highest BCUT2D eigenvalue weighted by molar-refractivity contribution is 5.85. The molecule has 1 aliphatic rings. The molecule has 4 rings (SSSR count). The average molecular weight is 402 g/mol. The molecule has 0 bridgehead atoms. The Labute approximate surface area is 179 Å². The SMILES string of the molecule is N#Cc1ccc2c(c1)c(CCCCN1CCN(c3ccccc3)CC1)cn2CCN. The third kappa shape index (κ3) is 4.67. The Bertz CT molecular complexity index is 994. The summed E-state index contributed by atoms with van der Waals surface area (Å²) in [5.74, 6) is 0. The quantitative estimate of drug-likeness (QED) is 0.586. The number of benzene rings is 2. The molecule has 1 saturated heterocycles. The van der Waals surface area contributed by atoms with Crippen LogP contribution in [0.25, 0.3) is 10.9 Å². The van der Waals surface area contributed by atoms with Gasteiger partial charge in [-0.05, 0) is 61.7 Å². The summed E-state index contributed by atoms with van der Waals surface area (Å²) >= 11 is 0. The predicted molar refractivity (Wildman–Crippen MR) is 124 cm³/mol. The van der Waals surface area contributed by atoms with Gasteiger partial charge in [-0.2, -0.15) is 5.26 Å². The van der Waals surface area contributed by atoms with Crippen molar-refractivity contribution >= 4 is 16.6 Å². The Balaban J connectivity index is 1.29. The largest absolute Gasteiger partial charge is 0.369 e. The highest BCUT2D eigenvalue weighted by Crippen LogP contribution is 2.24. The number of fused-ring (bicyclic) bond motifs is 1. The molecule has 0 unspecified atom stereocenters. The molecule has 1 aromatic heterocycles. The van der Waals surface area contributed by atoms with Crippen molar-refractivity contribution in [2.24, 2.45) is 5.73 Å². The van der Waals surface area contributed by atoms with Gasteiger partial charge in [0.25, 0.3) is 0 Å². The molecule has 0 aliphatic carbocycles. The monoisotopic (exact) mass is 401 g/mol. The molecule has 0 amide bonds. The van der Waals surface area contributed by atoms with E-state index in [2.05, 4.69) is 63.0 Å². The first-order valence-electron chi connectivity index (χ1n) is 11.0. The number of aromatic nitrogens is 1. The second kappa shape index (κ2) is 9.80. The van der Waals surface area contributed by atoms with Crippen molar-refractivity contribution in [3.8, 4) is 6.07 Å². The summed E-state index contributed by atoms with van der Waals surface area (Å²) in [7, 11) is 0. The standard InChI is InChI=1S/C25H31N5/c26-11-13-30-20-22(24-18-21(19-27)9-10-25(24)30)6-4-5-12-28-14-16-29(17-15-28)23-7-2-1-3-8-23/h1-3,7-10,18,20H,4-6,11-17,26H2. The Morgan fingerprint density at radius 3 is 2.47 bits per heavy atom. The van der Waals surface area contributed by atoms with E-state index in [0.29, 0.717) is 6.54 Å². The molecule has 1 fully saturated rings. The Morgan fingerprint density at radius 1 is 0.933 bits per heavy atom. The van der Waals surface area contributed by atoms with Crippen LogP contribution in [0.2, 0.25) is 0 Å². The van der Waals surface area contributed by atoms with Crippen LogP contribution >= 0.6 is 0 Å². The van der Waals surface area contributed by atoms with Gasteiger partial charge in [0.1, 0.15) is 0 Å². The third-order valence-electron chi connectivity index (χ3n) is 6.13. The van der Waals surface area contributed by atoms with Crippen LogP contribution in [0.3, 0.4) is 0 Å². The number of nitrogens with two attached hydrogens (primary N) is 1. The molecule has 156 valence electrons. The van der Waals surface area contributed by atoms with E-state index in [9.17, 15) is 5.26 Å². The summed E-state index contributed by atoms with van der Waals surface area (Å²) in [6, 6.07) is 19.0. The van der Waals surface area contributed by atoms with Gasteiger partial charge in [-0.25, -0.2) is 0 Å². The van der Waals surface area contributed by atoms with Crippen molar-refractivity contribution < 1.29 is 0 Å². The lowest BCUT2D eigenvalue weighted by molar-refractivity contribution is 0.253. The lowest BCUT2D eigenvalue weighted by Gasteiger charge is -2.36. The minimum atomic E-state index is 0.623. The van der Waals surface area contributed by atoms with Crippen molar-refractivity contribution in [1.29, 1.82) is 5.26 Å². The van der Waals surface area contributed by atoms with E-state index >= 15 is 0 Å². The molecule has 0 radical (unpaired) electrons. The van der Waals surface area contributed by atoms with Gasteiger partial charge in [0.05, 0.1) is 11.6 Å². The fourth-order valence-corrected chi connectivity index (χ4v) is 4.48. The maximum absolute atomic E-state index is 9.26. The van der Waals surface area contributed by atoms with Gasteiger partial charge in [0.2, 0.25) is 0 Å². The van der Waals surface area contributed by atoms with Crippen molar-refractivity contribution in [3.63, 3.8) is 0 Å². The van der Waals surface area contributed by atoms with E-state index in [0.717, 1.165) is 57.7 Å². The number of rotatable bonds is 8. The van der Waals surface area contributed by atoms with Crippen LogP contribution in [-0.4, -0.2) is 48.7 Å². The van der Waals surface area contributed by atoms with Gasteiger partial charge < -0.3 is 15.2 Å². The van der Waals surface area contributed by atoms with Crippen molar-refractivity contribution in [2.75, 3.05) is 44.2 Å². The first-order chi connectivity index (χ1) is 14.8. The van der Waals surface area contributed by atoms with Crippen LogP contribution in [0.5, 0.6) is 0 Å². The molecular weight excluding hydrogens is 370 g/mol. The number of hydrogen-bond acceptors (Lipinski definition) is 4. The topological polar surface area (TPSA) is 61.2 Å². The number of anilines is 1. The van der Waals surface area contributed by atoms with Crippen molar-refractivity contribution in [2.45, 2.75) is 25.8 Å². The number of piperazine rings is 1. The molecular formula is C25H31N5. The molecule has 2 aromatic carbocycles. The maximum Gasteiger partial charge on any atom is 0.0991 e. The number of nitriles is 1. The van der Waals surface area contributed by atoms with Crippen LogP contribution in [0.4, 0.5) is 5.69 Å². The number of nitrogens with zero attached hydrogens (tertiary/aromatic N) is 4. The number of aryl methyl sites for hydroxylation is 1. The highest BCUT2D eigenvalue weighted by atomic mass is 15.3. The minimum absolute atomic E-state index is 0.623. The summed E-state index contributed by atoms with van der Waals surface area (Å²) in [6.07, 6.45) is 5.65. The third-order valence-corrected chi connectivity index (χ3v) is 6.13. The second-order valence-corrected chi connectivity index (χ2v) is 8.10. The summed E-state index contributed by atoms with van der Waals surface area (Å²) < 4.78 is 2.23. The van der Waals surface area contributed by atoms with E-state index in [-0.39, 0.29) is 0 Å². The Hall–Kier alpha value is -2.81. The molecule has 30 heavy (non-hydrogen) atoms. The zero-order valence-corrected chi connectivity index (χ0v) is 17.6. The van der Waals surface area contributed by atoms with E-state index in [1.54, 1.807) is 0 Å². The van der Waals surface area contributed by atoms with E-state index in [4.69, 9.17) is 5.73 Å². The second-order valence-electron chi connectivity index (χ2n) is 8.10. The number of hydrogen-bond donors (Lipinski definition) is 1. The maximum atomic E-state index is 9.26. The van der Waals surface area contributed by atoms with Gasteiger partial charge in [-0.15, -0.1) is 0 Å². The lowest BCUT2D eigenvalue weighted by Crippen LogP contribution is -2.46. The lowest BCUT2D eigenvalue weighted by atomic mass is 10.1. The van der Waals surface area contributed by atoms with Crippen molar-refractivity contribution in [1.82, 2.24) is 9.47 Å². The first kappa shape index (κ1) is 20.5. The summed E-state index contributed by atoms with van der Waals surface area (Å²) in [6.45, 7) is 7.08. The minimum Gasteiger partial charge on any atom is -0.369 e. The number of para-hydroxylation sites is 1. The molecule has 3 aromatic rings. The number of unbranched alkanes of at least 4 members (excludes halogenated alkanes) is 1. The van der Waals surface area contributed by atoms with Gasteiger partial charge in [0.15, 0.2) is 0 Å². The molecule has 2 heterocycles. The fraction of sp³-hybridized carbons (Fsp3) is 0.400. The normalized spacial score (nSPS) is 14.9. The summed E-state index contributed by atoms with van der Waals surface area (Å²) in [5, 5.41) is 10.5. The van der Waals surface area contributed by atoms with Crippen LogP contribution in [-0.2, 0) is 13.0 Å². The molecule has 5 heteroatoms. The fourth-order valence-electron chi connectivity index (χ4n) is 4.48. The predicted octanol–water partition coefficient (Wildman–Crippen LogP) is 3.62.